The fourth-order valence-corrected chi connectivity index (χ4v) is 2.61. The molecule has 3 heteroatoms. The minimum absolute atomic E-state index is 0.252. The lowest BCUT2D eigenvalue weighted by Gasteiger charge is -2.27. The van der Waals surface area contributed by atoms with Crippen LogP contribution in [0, 0.1) is 0 Å². The van der Waals surface area contributed by atoms with Crippen molar-refractivity contribution in [2.24, 2.45) is 0 Å². The molecule has 0 aromatic heterocycles. The predicted octanol–water partition coefficient (Wildman–Crippen LogP) is 2.87. The summed E-state index contributed by atoms with van der Waals surface area (Å²) in [5.41, 5.74) is 0.252. The molecule has 0 saturated heterocycles. The third-order valence-electron chi connectivity index (χ3n) is 3.92. The first-order valence-electron chi connectivity index (χ1n) is 7.67. The van der Waals surface area contributed by atoms with Gasteiger partial charge in [0.15, 0.2) is 0 Å². The lowest BCUT2D eigenvalue weighted by molar-refractivity contribution is 0.0317. The number of β-amino-alcohol motifs (C(OH)–C–C–N with tert-alkyl or cyclic N) is 1. The first-order chi connectivity index (χ1) is 8.66. The van der Waals surface area contributed by atoms with Crippen LogP contribution in [0.5, 0.6) is 0 Å². The van der Waals surface area contributed by atoms with Gasteiger partial charge in [0, 0.05) is 18.7 Å². The summed E-state index contributed by atoms with van der Waals surface area (Å²) in [6.07, 6.45) is 9.62. The zero-order valence-corrected chi connectivity index (χ0v) is 12.2. The maximum absolute atomic E-state index is 9.84. The first kappa shape index (κ1) is 15.9. The first-order valence-corrected chi connectivity index (χ1v) is 7.67. The lowest BCUT2D eigenvalue weighted by Crippen LogP contribution is -2.44. The summed E-state index contributed by atoms with van der Waals surface area (Å²) < 4.78 is 5.50. The zero-order chi connectivity index (χ0) is 13.3. The van der Waals surface area contributed by atoms with E-state index in [1.807, 2.05) is 0 Å². The summed E-state index contributed by atoms with van der Waals surface area (Å²) in [6, 6.07) is 0. The molecule has 0 bridgehead atoms. The minimum Gasteiger partial charge on any atom is -0.389 e. The van der Waals surface area contributed by atoms with E-state index < -0.39 is 0 Å². The van der Waals surface area contributed by atoms with Gasteiger partial charge in [0.1, 0.15) is 0 Å². The minimum atomic E-state index is -0.367. The van der Waals surface area contributed by atoms with Gasteiger partial charge in [0.25, 0.3) is 0 Å². The van der Waals surface area contributed by atoms with Gasteiger partial charge in [-0.25, -0.2) is 0 Å². The molecule has 0 spiro atoms. The maximum atomic E-state index is 9.84. The van der Waals surface area contributed by atoms with Crippen LogP contribution in [0.4, 0.5) is 0 Å². The van der Waals surface area contributed by atoms with E-state index in [2.05, 4.69) is 19.2 Å². The van der Waals surface area contributed by atoms with Crippen LogP contribution in [0.2, 0.25) is 0 Å². The van der Waals surface area contributed by atoms with E-state index in [1.165, 1.54) is 44.9 Å². The van der Waals surface area contributed by atoms with Gasteiger partial charge in [-0.1, -0.05) is 39.0 Å². The van der Waals surface area contributed by atoms with Crippen molar-refractivity contribution in [1.82, 2.24) is 5.32 Å². The van der Waals surface area contributed by atoms with Crippen LogP contribution in [0.25, 0.3) is 0 Å². The molecule has 1 aliphatic rings. The molecule has 0 radical (unpaired) electrons. The molecule has 1 fully saturated rings. The van der Waals surface area contributed by atoms with Crippen molar-refractivity contribution < 1.29 is 9.84 Å². The van der Waals surface area contributed by atoms with E-state index in [0.717, 1.165) is 13.0 Å². The van der Waals surface area contributed by atoms with Gasteiger partial charge in [-0.2, -0.15) is 0 Å². The van der Waals surface area contributed by atoms with E-state index in [-0.39, 0.29) is 11.6 Å². The molecular formula is C15H31NO2. The third kappa shape index (κ3) is 6.72. The molecule has 2 N–H and O–H groups in total. The lowest BCUT2D eigenvalue weighted by atomic mass is 10.0. The van der Waals surface area contributed by atoms with Crippen LogP contribution in [0.3, 0.4) is 0 Å². The van der Waals surface area contributed by atoms with Crippen molar-refractivity contribution in [3.8, 4) is 0 Å². The van der Waals surface area contributed by atoms with Gasteiger partial charge in [-0.3, -0.25) is 0 Å². The number of nitrogens with one attached hydrogen (secondary N) is 1. The van der Waals surface area contributed by atoms with Crippen LogP contribution in [-0.2, 0) is 4.74 Å². The Hall–Kier alpha value is -0.120. The highest BCUT2D eigenvalue weighted by molar-refractivity contribution is 4.88. The summed E-state index contributed by atoms with van der Waals surface area (Å²) in [4.78, 5) is 0. The molecule has 0 amide bonds. The Morgan fingerprint density at radius 3 is 2.61 bits per heavy atom. The van der Waals surface area contributed by atoms with Crippen LogP contribution >= 0.6 is 0 Å². The van der Waals surface area contributed by atoms with Crippen LogP contribution in [0.1, 0.15) is 65.2 Å². The van der Waals surface area contributed by atoms with E-state index >= 15 is 0 Å². The summed E-state index contributed by atoms with van der Waals surface area (Å²) in [6.45, 7) is 6.38. The van der Waals surface area contributed by atoms with Gasteiger partial charge in [0.05, 0.1) is 12.7 Å². The number of aliphatic hydroxyl groups excluding tert-OH is 1. The van der Waals surface area contributed by atoms with Crippen molar-refractivity contribution in [3.63, 3.8) is 0 Å². The summed E-state index contributed by atoms with van der Waals surface area (Å²) in [5, 5.41) is 13.3. The topological polar surface area (TPSA) is 41.5 Å². The van der Waals surface area contributed by atoms with E-state index in [0.29, 0.717) is 13.2 Å². The highest BCUT2D eigenvalue weighted by Crippen LogP contribution is 2.28. The Kier molecular flexibility index (Phi) is 7.87. The zero-order valence-electron chi connectivity index (χ0n) is 12.2. The Bertz CT molecular complexity index is 203. The van der Waals surface area contributed by atoms with Crippen molar-refractivity contribution in [2.45, 2.75) is 76.9 Å². The second kappa shape index (κ2) is 8.89. The monoisotopic (exact) mass is 257 g/mol. The van der Waals surface area contributed by atoms with Gasteiger partial charge < -0.3 is 15.2 Å². The highest BCUT2D eigenvalue weighted by atomic mass is 16.5. The Morgan fingerprint density at radius 2 is 1.94 bits per heavy atom. The Morgan fingerprint density at radius 1 is 1.22 bits per heavy atom. The molecule has 108 valence electrons. The molecule has 1 atom stereocenters. The third-order valence-corrected chi connectivity index (χ3v) is 3.92. The molecule has 3 nitrogen and oxygen atoms in total. The van der Waals surface area contributed by atoms with E-state index in [4.69, 9.17) is 4.74 Å². The summed E-state index contributed by atoms with van der Waals surface area (Å²) >= 11 is 0. The number of hydrogen-bond acceptors (Lipinski definition) is 3. The van der Waals surface area contributed by atoms with Crippen LogP contribution < -0.4 is 5.32 Å². The predicted molar refractivity (Wildman–Crippen MR) is 75.8 cm³/mol. The highest BCUT2D eigenvalue weighted by Gasteiger charge is 2.28. The van der Waals surface area contributed by atoms with Gasteiger partial charge in [-0.05, 0) is 26.2 Å². The second-order valence-electron chi connectivity index (χ2n) is 5.94. The van der Waals surface area contributed by atoms with E-state index in [9.17, 15) is 5.11 Å². The molecular weight excluding hydrogens is 226 g/mol. The summed E-state index contributed by atoms with van der Waals surface area (Å²) in [5.74, 6) is 0. The quantitative estimate of drug-likeness (QED) is 0.591. The SMILES string of the molecule is CCCCCCOCC(O)CNC1(C)CCCC1. The van der Waals surface area contributed by atoms with Gasteiger partial charge >= 0.3 is 0 Å². The summed E-state index contributed by atoms with van der Waals surface area (Å²) in [7, 11) is 0. The molecule has 0 aromatic rings. The molecule has 1 rings (SSSR count). The number of aliphatic hydroxyl groups is 1. The Labute approximate surface area is 112 Å². The van der Waals surface area contributed by atoms with Gasteiger partial charge in [0.2, 0.25) is 0 Å². The largest absolute Gasteiger partial charge is 0.389 e. The molecule has 1 unspecified atom stereocenters. The van der Waals surface area contributed by atoms with Crippen molar-refractivity contribution >= 4 is 0 Å². The van der Waals surface area contributed by atoms with Crippen molar-refractivity contribution in [3.05, 3.63) is 0 Å². The Balaban J connectivity index is 1.95. The standard InChI is InChI=1S/C15H31NO2/c1-3-4-5-8-11-18-13-14(17)12-16-15(2)9-6-7-10-15/h14,16-17H,3-13H2,1-2H3. The number of hydrogen-bond donors (Lipinski definition) is 2. The number of ether oxygens (including phenoxy) is 1. The fourth-order valence-electron chi connectivity index (χ4n) is 2.61. The molecule has 1 saturated carbocycles. The molecule has 0 aromatic carbocycles. The maximum Gasteiger partial charge on any atom is 0.0897 e. The average molecular weight is 257 g/mol. The number of rotatable bonds is 10. The average Bonchev–Trinajstić information content (AvgIpc) is 2.79. The van der Waals surface area contributed by atoms with Crippen LogP contribution in [0.15, 0.2) is 0 Å². The molecule has 0 heterocycles. The second-order valence-corrected chi connectivity index (χ2v) is 5.94. The van der Waals surface area contributed by atoms with Crippen molar-refractivity contribution in [2.75, 3.05) is 19.8 Å². The van der Waals surface area contributed by atoms with E-state index in [1.54, 1.807) is 0 Å². The molecule has 0 aliphatic heterocycles. The number of unbranched alkanes of at least 4 members (excludes halogenated alkanes) is 3. The smallest absolute Gasteiger partial charge is 0.0897 e. The van der Waals surface area contributed by atoms with Crippen molar-refractivity contribution in [1.29, 1.82) is 0 Å². The molecule has 18 heavy (non-hydrogen) atoms. The fraction of sp³-hybridized carbons (Fsp3) is 1.00. The van der Waals surface area contributed by atoms with Crippen LogP contribution in [-0.4, -0.2) is 36.5 Å². The molecule has 1 aliphatic carbocycles. The van der Waals surface area contributed by atoms with Gasteiger partial charge in [-0.15, -0.1) is 0 Å². The normalized spacial score (nSPS) is 20.2.